The van der Waals surface area contributed by atoms with E-state index in [-0.39, 0.29) is 18.4 Å². The van der Waals surface area contributed by atoms with Crippen molar-refractivity contribution in [2.75, 3.05) is 25.2 Å². The van der Waals surface area contributed by atoms with E-state index in [0.29, 0.717) is 23.5 Å². The standard InChI is InChI=1S/C11H13NO4S/c1-16-11(15)8-2-3-17-10(8)12-5-7(6-13)4-9(12)14/h2-3,7,13H,4-6H2,1H3. The van der Waals surface area contributed by atoms with Crippen LogP contribution in [-0.2, 0) is 9.53 Å². The van der Waals surface area contributed by atoms with E-state index >= 15 is 0 Å². The molecule has 1 unspecified atom stereocenters. The molecule has 1 aliphatic heterocycles. The molecule has 2 heterocycles. The van der Waals surface area contributed by atoms with Crippen molar-refractivity contribution < 1.29 is 19.4 Å². The Balaban J connectivity index is 2.26. The molecular formula is C11H13NO4S. The van der Waals surface area contributed by atoms with Gasteiger partial charge in [0.25, 0.3) is 0 Å². The fourth-order valence-corrected chi connectivity index (χ4v) is 2.79. The van der Waals surface area contributed by atoms with Crippen molar-refractivity contribution in [2.24, 2.45) is 5.92 Å². The lowest BCUT2D eigenvalue weighted by molar-refractivity contribution is -0.117. The van der Waals surface area contributed by atoms with Crippen LogP contribution in [-0.4, -0.2) is 37.2 Å². The zero-order chi connectivity index (χ0) is 12.4. The Hall–Kier alpha value is -1.40. The largest absolute Gasteiger partial charge is 0.465 e. The number of methoxy groups -OCH3 is 1. The number of hydrogen-bond donors (Lipinski definition) is 1. The first kappa shape index (κ1) is 12.1. The average Bonchev–Trinajstić information content (AvgIpc) is 2.93. The Morgan fingerprint density at radius 2 is 2.47 bits per heavy atom. The van der Waals surface area contributed by atoms with Crippen molar-refractivity contribution in [1.29, 1.82) is 0 Å². The second-order valence-electron chi connectivity index (χ2n) is 3.89. The molecule has 0 aromatic carbocycles. The van der Waals surface area contributed by atoms with Crippen LogP contribution in [0.5, 0.6) is 0 Å². The fourth-order valence-electron chi connectivity index (χ4n) is 1.88. The molecule has 1 atom stereocenters. The molecule has 6 heteroatoms. The third-order valence-electron chi connectivity index (χ3n) is 2.76. The van der Waals surface area contributed by atoms with Gasteiger partial charge in [0.05, 0.1) is 12.7 Å². The molecule has 5 nitrogen and oxygen atoms in total. The predicted molar refractivity (Wildman–Crippen MR) is 63.2 cm³/mol. The molecular weight excluding hydrogens is 242 g/mol. The van der Waals surface area contributed by atoms with Gasteiger partial charge >= 0.3 is 5.97 Å². The number of anilines is 1. The maximum atomic E-state index is 11.8. The minimum absolute atomic E-state index is 0.0127. The van der Waals surface area contributed by atoms with Crippen LogP contribution < -0.4 is 4.90 Å². The topological polar surface area (TPSA) is 66.8 Å². The Bertz CT molecular complexity index is 442. The molecule has 17 heavy (non-hydrogen) atoms. The summed E-state index contributed by atoms with van der Waals surface area (Å²) in [5, 5.41) is 11.4. The van der Waals surface area contributed by atoms with Crippen LogP contribution in [0.4, 0.5) is 5.00 Å². The molecule has 0 spiro atoms. The van der Waals surface area contributed by atoms with Gasteiger partial charge in [0.1, 0.15) is 5.00 Å². The van der Waals surface area contributed by atoms with Crippen LogP contribution in [0.1, 0.15) is 16.8 Å². The number of aliphatic hydroxyl groups is 1. The Morgan fingerprint density at radius 3 is 3.06 bits per heavy atom. The van der Waals surface area contributed by atoms with Crippen molar-refractivity contribution >= 4 is 28.2 Å². The second kappa shape index (κ2) is 4.85. The minimum atomic E-state index is -0.443. The van der Waals surface area contributed by atoms with Crippen LogP contribution in [0.3, 0.4) is 0 Å². The molecule has 92 valence electrons. The number of thiophene rings is 1. The Kier molecular flexibility index (Phi) is 3.44. The van der Waals surface area contributed by atoms with Crippen molar-refractivity contribution in [3.05, 3.63) is 17.0 Å². The zero-order valence-electron chi connectivity index (χ0n) is 9.38. The van der Waals surface area contributed by atoms with E-state index in [9.17, 15) is 9.59 Å². The molecule has 0 aliphatic carbocycles. The molecule has 2 rings (SSSR count). The van der Waals surface area contributed by atoms with Crippen LogP contribution in [0.2, 0.25) is 0 Å². The minimum Gasteiger partial charge on any atom is -0.465 e. The highest BCUT2D eigenvalue weighted by molar-refractivity contribution is 7.14. The Morgan fingerprint density at radius 1 is 1.71 bits per heavy atom. The van der Waals surface area contributed by atoms with E-state index in [1.165, 1.54) is 18.4 Å². The van der Waals surface area contributed by atoms with E-state index < -0.39 is 5.97 Å². The lowest BCUT2D eigenvalue weighted by Crippen LogP contribution is -2.25. The summed E-state index contributed by atoms with van der Waals surface area (Å²) in [7, 11) is 1.31. The quantitative estimate of drug-likeness (QED) is 0.814. The second-order valence-corrected chi connectivity index (χ2v) is 4.78. The van der Waals surface area contributed by atoms with Gasteiger partial charge in [-0.05, 0) is 11.4 Å². The maximum Gasteiger partial charge on any atom is 0.340 e. The van der Waals surface area contributed by atoms with Gasteiger partial charge in [-0.1, -0.05) is 0 Å². The van der Waals surface area contributed by atoms with Gasteiger partial charge in [0.15, 0.2) is 0 Å². The van der Waals surface area contributed by atoms with Crippen LogP contribution in [0, 0.1) is 5.92 Å². The molecule has 1 aliphatic rings. The number of amides is 1. The fraction of sp³-hybridized carbons (Fsp3) is 0.455. The molecule has 0 radical (unpaired) electrons. The Labute approximate surface area is 103 Å². The normalized spacial score (nSPS) is 19.8. The molecule has 1 fully saturated rings. The third kappa shape index (κ3) is 2.18. The van der Waals surface area contributed by atoms with E-state index in [2.05, 4.69) is 4.74 Å². The van der Waals surface area contributed by atoms with E-state index in [1.807, 2.05) is 0 Å². The smallest absolute Gasteiger partial charge is 0.340 e. The first-order valence-electron chi connectivity index (χ1n) is 5.24. The molecule has 1 N–H and O–H groups in total. The van der Waals surface area contributed by atoms with Gasteiger partial charge in [-0.3, -0.25) is 4.79 Å². The predicted octanol–water partition coefficient (Wildman–Crippen LogP) is 0.880. The number of hydrogen-bond acceptors (Lipinski definition) is 5. The van der Waals surface area contributed by atoms with Crippen molar-refractivity contribution in [1.82, 2.24) is 0 Å². The van der Waals surface area contributed by atoms with Gasteiger partial charge in [-0.2, -0.15) is 0 Å². The van der Waals surface area contributed by atoms with Crippen LogP contribution >= 0.6 is 11.3 Å². The highest BCUT2D eigenvalue weighted by Crippen LogP contribution is 2.33. The summed E-state index contributed by atoms with van der Waals surface area (Å²) in [5.41, 5.74) is 0.407. The number of carbonyl (C=O) groups is 2. The van der Waals surface area contributed by atoms with E-state index in [0.717, 1.165) is 0 Å². The highest BCUT2D eigenvalue weighted by Gasteiger charge is 2.33. The van der Waals surface area contributed by atoms with E-state index in [4.69, 9.17) is 5.11 Å². The third-order valence-corrected chi connectivity index (χ3v) is 3.69. The molecule has 1 saturated heterocycles. The monoisotopic (exact) mass is 255 g/mol. The lowest BCUT2D eigenvalue weighted by Gasteiger charge is -2.15. The summed E-state index contributed by atoms with van der Waals surface area (Å²) >= 11 is 1.33. The molecule has 1 aromatic heterocycles. The number of esters is 1. The first-order valence-corrected chi connectivity index (χ1v) is 6.12. The average molecular weight is 255 g/mol. The van der Waals surface area contributed by atoms with Crippen molar-refractivity contribution in [2.45, 2.75) is 6.42 Å². The van der Waals surface area contributed by atoms with Crippen LogP contribution in [0.15, 0.2) is 11.4 Å². The van der Waals surface area contributed by atoms with Gasteiger partial charge in [0, 0.05) is 25.5 Å². The SMILES string of the molecule is COC(=O)c1ccsc1N1CC(CO)CC1=O. The number of rotatable bonds is 3. The summed E-state index contributed by atoms with van der Waals surface area (Å²) in [5.74, 6) is -0.548. The summed E-state index contributed by atoms with van der Waals surface area (Å²) in [4.78, 5) is 24.8. The number of nitrogens with zero attached hydrogens (tertiary/aromatic N) is 1. The summed E-state index contributed by atoms with van der Waals surface area (Å²) in [6, 6.07) is 1.64. The molecule has 0 saturated carbocycles. The van der Waals surface area contributed by atoms with Crippen molar-refractivity contribution in [3.63, 3.8) is 0 Å². The summed E-state index contributed by atoms with van der Waals surface area (Å²) < 4.78 is 4.66. The zero-order valence-corrected chi connectivity index (χ0v) is 10.2. The van der Waals surface area contributed by atoms with Gasteiger partial charge in [0.2, 0.25) is 5.91 Å². The van der Waals surface area contributed by atoms with Gasteiger partial charge in [-0.15, -0.1) is 11.3 Å². The highest BCUT2D eigenvalue weighted by atomic mass is 32.1. The molecule has 1 amide bonds. The number of ether oxygens (including phenoxy) is 1. The number of carbonyl (C=O) groups excluding carboxylic acids is 2. The summed E-state index contributed by atoms with van der Waals surface area (Å²) in [6.07, 6.45) is 0.328. The molecule has 0 bridgehead atoms. The lowest BCUT2D eigenvalue weighted by atomic mass is 10.1. The van der Waals surface area contributed by atoms with Crippen molar-refractivity contribution in [3.8, 4) is 0 Å². The molecule has 1 aromatic rings. The van der Waals surface area contributed by atoms with Gasteiger partial charge in [-0.25, -0.2) is 4.79 Å². The maximum absolute atomic E-state index is 11.8. The van der Waals surface area contributed by atoms with Gasteiger partial charge < -0.3 is 14.7 Å². The van der Waals surface area contributed by atoms with E-state index in [1.54, 1.807) is 16.3 Å². The number of aliphatic hydroxyl groups excluding tert-OH is 1. The first-order chi connectivity index (χ1) is 8.17. The van der Waals surface area contributed by atoms with Crippen LogP contribution in [0.25, 0.3) is 0 Å². The summed E-state index contributed by atoms with van der Waals surface area (Å²) in [6.45, 7) is 0.445.